The van der Waals surface area contributed by atoms with Gasteiger partial charge in [-0.3, -0.25) is 24.6 Å². The second kappa shape index (κ2) is 5.86. The molecule has 0 spiro atoms. The van der Waals surface area contributed by atoms with E-state index in [4.69, 9.17) is 0 Å². The van der Waals surface area contributed by atoms with Crippen LogP contribution in [0, 0.1) is 10.1 Å². The van der Waals surface area contributed by atoms with Crippen LogP contribution < -0.4 is 24.0 Å². The maximum Gasteiger partial charge on any atom is 1.00 e. The molecule has 0 unspecified atom stereocenters. The standard InChI is InChI=1S/C11H8N2O6.Li/c14-9(15)3-4-12-10(16)7-2-1-6(13(18)19)5-8(7)11(12)17;/h1-2,5H,3-4H2,(H,14,15);/q;+1/p-1. The number of carbonyl (C=O) groups excluding carboxylic acids is 3. The number of carboxylic acids is 1. The van der Waals surface area contributed by atoms with E-state index in [1.807, 2.05) is 0 Å². The molecule has 0 atom stereocenters. The molecule has 0 aliphatic carbocycles. The number of nitrogens with zero attached hydrogens (tertiary/aromatic N) is 2. The number of nitro groups is 1. The van der Waals surface area contributed by atoms with E-state index in [2.05, 4.69) is 0 Å². The smallest absolute Gasteiger partial charge is 0.550 e. The second-order valence-corrected chi connectivity index (χ2v) is 3.87. The van der Waals surface area contributed by atoms with Crippen LogP contribution in [0.4, 0.5) is 5.69 Å². The van der Waals surface area contributed by atoms with Crippen molar-refractivity contribution < 1.29 is 43.3 Å². The fourth-order valence-corrected chi connectivity index (χ4v) is 1.80. The van der Waals surface area contributed by atoms with E-state index in [1.54, 1.807) is 0 Å². The van der Waals surface area contributed by atoms with Gasteiger partial charge in [-0.1, -0.05) is 0 Å². The van der Waals surface area contributed by atoms with Crippen molar-refractivity contribution in [2.75, 3.05) is 6.54 Å². The van der Waals surface area contributed by atoms with Crippen LogP contribution in [0.25, 0.3) is 0 Å². The summed E-state index contributed by atoms with van der Waals surface area (Å²) >= 11 is 0. The number of fused-ring (bicyclic) bond motifs is 1. The summed E-state index contributed by atoms with van der Waals surface area (Å²) in [6.45, 7) is -0.317. The molecule has 98 valence electrons. The number of carboxylic acid groups (broad SMARTS) is 1. The van der Waals surface area contributed by atoms with Gasteiger partial charge in [0.15, 0.2) is 0 Å². The predicted octanol–water partition coefficient (Wildman–Crippen LogP) is -3.67. The van der Waals surface area contributed by atoms with Crippen LogP contribution in [0.5, 0.6) is 0 Å². The number of nitro benzene ring substituents is 1. The molecule has 1 aromatic carbocycles. The van der Waals surface area contributed by atoms with Gasteiger partial charge in [0, 0.05) is 31.1 Å². The Balaban J connectivity index is 0.00000200. The summed E-state index contributed by atoms with van der Waals surface area (Å²) in [5.41, 5.74) is -0.354. The molecule has 0 radical (unpaired) electrons. The van der Waals surface area contributed by atoms with Crippen LogP contribution in [0.2, 0.25) is 0 Å². The molecule has 1 aromatic rings. The Labute approximate surface area is 124 Å². The third-order valence-electron chi connectivity index (χ3n) is 2.70. The molecule has 0 aromatic heterocycles. The van der Waals surface area contributed by atoms with Gasteiger partial charge in [0.1, 0.15) is 0 Å². The van der Waals surface area contributed by atoms with Crippen molar-refractivity contribution in [2.24, 2.45) is 0 Å². The minimum absolute atomic E-state index is 0. The fourth-order valence-electron chi connectivity index (χ4n) is 1.80. The zero-order valence-electron chi connectivity index (χ0n) is 10.5. The predicted molar refractivity (Wildman–Crippen MR) is 58.1 cm³/mol. The van der Waals surface area contributed by atoms with Crippen LogP contribution in [-0.4, -0.2) is 34.2 Å². The van der Waals surface area contributed by atoms with Crippen molar-refractivity contribution in [2.45, 2.75) is 6.42 Å². The van der Waals surface area contributed by atoms with E-state index >= 15 is 0 Å². The molecule has 2 rings (SSSR count). The molecule has 0 saturated heterocycles. The van der Waals surface area contributed by atoms with Gasteiger partial charge >= 0.3 is 18.9 Å². The number of rotatable bonds is 4. The molecule has 1 aliphatic rings. The Morgan fingerprint density at radius 1 is 1.20 bits per heavy atom. The van der Waals surface area contributed by atoms with E-state index < -0.39 is 29.1 Å². The zero-order chi connectivity index (χ0) is 14.2. The number of hydrogen-bond acceptors (Lipinski definition) is 6. The third-order valence-corrected chi connectivity index (χ3v) is 2.70. The van der Waals surface area contributed by atoms with Crippen molar-refractivity contribution in [1.82, 2.24) is 4.90 Å². The summed E-state index contributed by atoms with van der Waals surface area (Å²) in [5.74, 6) is -2.77. The van der Waals surface area contributed by atoms with E-state index in [0.29, 0.717) is 0 Å². The van der Waals surface area contributed by atoms with Gasteiger partial charge in [0.25, 0.3) is 17.5 Å². The summed E-state index contributed by atoms with van der Waals surface area (Å²) in [6, 6.07) is 3.31. The quantitative estimate of drug-likeness (QED) is 0.240. The summed E-state index contributed by atoms with van der Waals surface area (Å²) in [5, 5.41) is 20.9. The van der Waals surface area contributed by atoms with Crippen LogP contribution in [0.3, 0.4) is 0 Å². The molecule has 8 nitrogen and oxygen atoms in total. The first-order valence-electron chi connectivity index (χ1n) is 5.26. The van der Waals surface area contributed by atoms with Crippen LogP contribution in [-0.2, 0) is 4.79 Å². The maximum absolute atomic E-state index is 11.9. The van der Waals surface area contributed by atoms with Crippen LogP contribution in [0.15, 0.2) is 18.2 Å². The van der Waals surface area contributed by atoms with E-state index in [-0.39, 0.29) is 42.2 Å². The second-order valence-electron chi connectivity index (χ2n) is 3.87. The number of hydrogen-bond donors (Lipinski definition) is 0. The number of imide groups is 1. The Kier molecular flexibility index (Phi) is 4.65. The number of non-ortho nitro benzene ring substituents is 1. The van der Waals surface area contributed by atoms with Gasteiger partial charge in [-0.15, -0.1) is 0 Å². The monoisotopic (exact) mass is 270 g/mol. The first kappa shape index (κ1) is 15.9. The first-order chi connectivity index (χ1) is 8.91. The van der Waals surface area contributed by atoms with Gasteiger partial charge in [-0.2, -0.15) is 0 Å². The van der Waals surface area contributed by atoms with Crippen molar-refractivity contribution in [3.63, 3.8) is 0 Å². The molecule has 0 N–H and O–H groups in total. The topological polar surface area (TPSA) is 121 Å². The number of aliphatic carboxylic acids is 1. The van der Waals surface area contributed by atoms with Gasteiger partial charge in [0.05, 0.1) is 16.1 Å². The Morgan fingerprint density at radius 3 is 2.35 bits per heavy atom. The van der Waals surface area contributed by atoms with E-state index in [9.17, 15) is 29.6 Å². The summed E-state index contributed by atoms with van der Waals surface area (Å²) in [4.78, 5) is 44.7. The SMILES string of the molecule is O=C([O-])CCN1C(=O)c2ccc([N+](=O)[O-])cc2C1=O.[Li+]. The third kappa shape index (κ3) is 2.71. The largest absolute Gasteiger partial charge is 1.00 e. The minimum atomic E-state index is -1.39. The average Bonchev–Trinajstić information content (AvgIpc) is 2.59. The normalized spacial score (nSPS) is 12.9. The molecule has 0 fully saturated rings. The van der Waals surface area contributed by atoms with Gasteiger partial charge < -0.3 is 9.90 Å². The number of amides is 2. The van der Waals surface area contributed by atoms with Crippen LogP contribution >= 0.6 is 0 Å². The molecular formula is C11H7LiN2O6. The Morgan fingerprint density at radius 2 is 1.80 bits per heavy atom. The molecule has 1 heterocycles. The van der Waals surface area contributed by atoms with Crippen LogP contribution in [0.1, 0.15) is 27.1 Å². The number of carbonyl (C=O) groups is 3. The van der Waals surface area contributed by atoms with Gasteiger partial charge in [-0.05, 0) is 6.07 Å². The molecule has 1 aliphatic heterocycles. The minimum Gasteiger partial charge on any atom is -0.550 e. The number of benzene rings is 1. The van der Waals surface area contributed by atoms with Crippen molar-refractivity contribution >= 4 is 23.5 Å². The Bertz CT molecular complexity index is 615. The first-order valence-corrected chi connectivity index (χ1v) is 5.26. The zero-order valence-corrected chi connectivity index (χ0v) is 10.5. The van der Waals surface area contributed by atoms with Crippen molar-refractivity contribution in [1.29, 1.82) is 0 Å². The van der Waals surface area contributed by atoms with Gasteiger partial charge in [0.2, 0.25) is 0 Å². The summed E-state index contributed by atoms with van der Waals surface area (Å²) < 4.78 is 0. The molecule has 20 heavy (non-hydrogen) atoms. The summed E-state index contributed by atoms with van der Waals surface area (Å²) in [6.07, 6.45) is -0.479. The van der Waals surface area contributed by atoms with Crippen molar-refractivity contribution in [3.05, 3.63) is 39.4 Å². The molecule has 9 heteroatoms. The maximum atomic E-state index is 11.9. The van der Waals surface area contributed by atoms with Gasteiger partial charge in [-0.25, -0.2) is 0 Å². The summed E-state index contributed by atoms with van der Waals surface area (Å²) in [7, 11) is 0. The molecule has 0 bridgehead atoms. The molecule has 0 saturated carbocycles. The fraction of sp³-hybridized carbons (Fsp3) is 0.182. The average molecular weight is 270 g/mol. The molecular weight excluding hydrogens is 263 g/mol. The van der Waals surface area contributed by atoms with E-state index in [0.717, 1.165) is 17.0 Å². The Hall–Kier alpha value is -2.17. The van der Waals surface area contributed by atoms with Crippen molar-refractivity contribution in [3.8, 4) is 0 Å². The van der Waals surface area contributed by atoms with E-state index in [1.165, 1.54) is 6.07 Å². The molecule has 2 amide bonds.